The Morgan fingerprint density at radius 3 is 2.13 bits per heavy atom. The Morgan fingerprint density at radius 1 is 0.806 bits per heavy atom. The van der Waals surface area contributed by atoms with E-state index in [2.05, 4.69) is 0 Å². The van der Waals surface area contributed by atoms with E-state index in [1.807, 2.05) is 54.6 Å². The number of methoxy groups -OCH3 is 1. The molecule has 0 unspecified atom stereocenters. The zero-order valence-electron chi connectivity index (χ0n) is 17.7. The Labute approximate surface area is 181 Å². The molecule has 0 aliphatic carbocycles. The van der Waals surface area contributed by atoms with E-state index >= 15 is 0 Å². The predicted molar refractivity (Wildman–Crippen MR) is 118 cm³/mol. The highest BCUT2D eigenvalue weighted by atomic mass is 16.5. The number of hydrogen-bond acceptors (Lipinski definition) is 4. The number of carbonyl (C=O) groups is 2. The van der Waals surface area contributed by atoms with Crippen LogP contribution < -0.4 is 14.4 Å². The van der Waals surface area contributed by atoms with Gasteiger partial charge in [0.1, 0.15) is 22.8 Å². The summed E-state index contributed by atoms with van der Waals surface area (Å²) in [7, 11) is 1.52. The van der Waals surface area contributed by atoms with Crippen LogP contribution in [0.4, 0.5) is 10.5 Å². The van der Waals surface area contributed by atoms with Crippen molar-refractivity contribution in [2.45, 2.75) is 25.9 Å². The third-order valence-electron chi connectivity index (χ3n) is 5.42. The number of amides is 3. The number of nitrogens with zero attached hydrogens (tertiary/aromatic N) is 2. The Hall–Kier alpha value is -3.80. The molecule has 0 atom stereocenters. The van der Waals surface area contributed by atoms with Crippen molar-refractivity contribution in [1.29, 1.82) is 0 Å². The maximum atomic E-state index is 13.4. The molecule has 1 saturated heterocycles. The maximum absolute atomic E-state index is 13.4. The van der Waals surface area contributed by atoms with Gasteiger partial charge >= 0.3 is 6.03 Å². The van der Waals surface area contributed by atoms with Gasteiger partial charge in [0, 0.05) is 5.56 Å². The van der Waals surface area contributed by atoms with E-state index in [1.54, 1.807) is 43.0 Å². The van der Waals surface area contributed by atoms with Gasteiger partial charge < -0.3 is 14.4 Å². The molecule has 0 aromatic heterocycles. The summed E-state index contributed by atoms with van der Waals surface area (Å²) in [5.41, 5.74) is 0.212. The molecule has 0 spiro atoms. The molecule has 6 nitrogen and oxygen atoms in total. The number of urea groups is 1. The van der Waals surface area contributed by atoms with Crippen molar-refractivity contribution in [3.05, 3.63) is 84.4 Å². The molecule has 0 saturated carbocycles. The van der Waals surface area contributed by atoms with E-state index < -0.39 is 11.6 Å². The lowest BCUT2D eigenvalue weighted by Gasteiger charge is -2.28. The van der Waals surface area contributed by atoms with Crippen molar-refractivity contribution in [1.82, 2.24) is 4.90 Å². The van der Waals surface area contributed by atoms with E-state index in [9.17, 15) is 9.59 Å². The summed E-state index contributed by atoms with van der Waals surface area (Å²) in [5, 5.41) is 0. The third kappa shape index (κ3) is 3.72. The summed E-state index contributed by atoms with van der Waals surface area (Å²) in [5.74, 6) is 1.51. The van der Waals surface area contributed by atoms with Crippen molar-refractivity contribution in [2.75, 3.05) is 12.0 Å². The second-order valence-corrected chi connectivity index (χ2v) is 7.76. The molecule has 1 heterocycles. The molecule has 0 bridgehead atoms. The van der Waals surface area contributed by atoms with E-state index in [4.69, 9.17) is 9.47 Å². The number of carbonyl (C=O) groups excluding carboxylic acids is 2. The number of anilines is 1. The van der Waals surface area contributed by atoms with Gasteiger partial charge in [0.05, 0.1) is 19.3 Å². The van der Waals surface area contributed by atoms with Crippen molar-refractivity contribution in [2.24, 2.45) is 0 Å². The lowest BCUT2D eigenvalue weighted by Crippen LogP contribution is -2.43. The summed E-state index contributed by atoms with van der Waals surface area (Å²) in [6.07, 6.45) is 0. The van der Waals surface area contributed by atoms with Gasteiger partial charge in [0.15, 0.2) is 0 Å². The molecule has 3 aromatic rings. The van der Waals surface area contributed by atoms with Crippen LogP contribution in [-0.2, 0) is 11.3 Å². The number of imide groups is 1. The normalized spacial score (nSPS) is 15.3. The standard InChI is InChI=1S/C25H24N2O4/c1-25(2)23(28)27(20-14-8-10-16-22(20)30-3)24(29)26(25)17-18-11-7-9-15-21(18)31-19-12-5-4-6-13-19/h4-16H,17H2,1-3H3. The second-order valence-electron chi connectivity index (χ2n) is 7.76. The van der Waals surface area contributed by atoms with Crippen LogP contribution in [0.15, 0.2) is 78.9 Å². The molecule has 4 rings (SSSR count). The number of hydrogen-bond donors (Lipinski definition) is 0. The van der Waals surface area contributed by atoms with Crippen LogP contribution in [0.5, 0.6) is 17.2 Å². The van der Waals surface area contributed by atoms with Crippen LogP contribution in [0, 0.1) is 0 Å². The summed E-state index contributed by atoms with van der Waals surface area (Å²) in [6, 6.07) is 23.6. The minimum atomic E-state index is -1.03. The molecule has 31 heavy (non-hydrogen) atoms. The first-order valence-electron chi connectivity index (χ1n) is 10.0. The van der Waals surface area contributed by atoms with Crippen LogP contribution in [0.2, 0.25) is 0 Å². The fraction of sp³-hybridized carbons (Fsp3) is 0.200. The topological polar surface area (TPSA) is 59.1 Å². The molecular formula is C25H24N2O4. The Bertz CT molecular complexity index is 1110. The molecular weight excluding hydrogens is 392 g/mol. The van der Waals surface area contributed by atoms with E-state index in [0.29, 0.717) is 22.9 Å². The highest BCUT2D eigenvalue weighted by Gasteiger charge is 2.52. The van der Waals surface area contributed by atoms with Gasteiger partial charge in [0.25, 0.3) is 5.91 Å². The molecule has 158 valence electrons. The molecule has 0 N–H and O–H groups in total. The van der Waals surface area contributed by atoms with Crippen LogP contribution in [-0.4, -0.2) is 29.5 Å². The smallest absolute Gasteiger partial charge is 0.332 e. The quantitative estimate of drug-likeness (QED) is 0.516. The lowest BCUT2D eigenvalue weighted by atomic mass is 10.0. The first kappa shape index (κ1) is 20.5. The van der Waals surface area contributed by atoms with Crippen LogP contribution in [0.25, 0.3) is 0 Å². The fourth-order valence-electron chi connectivity index (χ4n) is 3.65. The first-order valence-corrected chi connectivity index (χ1v) is 10.0. The van der Waals surface area contributed by atoms with Gasteiger partial charge in [-0.3, -0.25) is 4.79 Å². The molecule has 1 aliphatic heterocycles. The van der Waals surface area contributed by atoms with Crippen LogP contribution >= 0.6 is 0 Å². The summed E-state index contributed by atoms with van der Waals surface area (Å²) in [4.78, 5) is 29.4. The molecule has 3 aromatic carbocycles. The lowest BCUT2D eigenvalue weighted by molar-refractivity contribution is -0.123. The number of benzene rings is 3. The fourth-order valence-corrected chi connectivity index (χ4v) is 3.65. The van der Waals surface area contributed by atoms with Crippen molar-refractivity contribution in [3.8, 4) is 17.2 Å². The minimum Gasteiger partial charge on any atom is -0.495 e. The van der Waals surface area contributed by atoms with Gasteiger partial charge in [0.2, 0.25) is 0 Å². The third-order valence-corrected chi connectivity index (χ3v) is 5.42. The second kappa shape index (κ2) is 8.14. The van der Waals surface area contributed by atoms with Crippen molar-refractivity contribution >= 4 is 17.6 Å². The molecule has 0 radical (unpaired) electrons. The Morgan fingerprint density at radius 2 is 1.42 bits per heavy atom. The first-order chi connectivity index (χ1) is 14.9. The SMILES string of the molecule is COc1ccccc1N1C(=O)N(Cc2ccccc2Oc2ccccc2)C(C)(C)C1=O. The zero-order chi connectivity index (χ0) is 22.0. The van der Waals surface area contributed by atoms with Crippen LogP contribution in [0.3, 0.4) is 0 Å². The molecule has 1 fully saturated rings. The maximum Gasteiger partial charge on any atom is 0.332 e. The zero-order valence-corrected chi connectivity index (χ0v) is 17.7. The van der Waals surface area contributed by atoms with Gasteiger partial charge in [-0.15, -0.1) is 0 Å². The minimum absolute atomic E-state index is 0.228. The number of ether oxygens (including phenoxy) is 2. The van der Waals surface area contributed by atoms with E-state index in [1.165, 1.54) is 12.0 Å². The van der Waals surface area contributed by atoms with Gasteiger partial charge in [-0.1, -0.05) is 48.5 Å². The highest BCUT2D eigenvalue weighted by molar-refractivity contribution is 6.23. The summed E-state index contributed by atoms with van der Waals surface area (Å²) in [6.45, 7) is 3.73. The number of para-hydroxylation sites is 4. The van der Waals surface area contributed by atoms with Gasteiger partial charge in [-0.25, -0.2) is 9.69 Å². The summed E-state index contributed by atoms with van der Waals surface area (Å²) >= 11 is 0. The average molecular weight is 416 g/mol. The van der Waals surface area contributed by atoms with E-state index in [0.717, 1.165) is 5.56 Å². The number of rotatable bonds is 6. The average Bonchev–Trinajstić information content (AvgIpc) is 2.95. The van der Waals surface area contributed by atoms with Crippen molar-refractivity contribution in [3.63, 3.8) is 0 Å². The van der Waals surface area contributed by atoms with E-state index in [-0.39, 0.29) is 12.5 Å². The van der Waals surface area contributed by atoms with Crippen LogP contribution in [0.1, 0.15) is 19.4 Å². The predicted octanol–water partition coefficient (Wildman–Crippen LogP) is 5.23. The molecule has 6 heteroatoms. The van der Waals surface area contributed by atoms with Gasteiger partial charge in [-0.05, 0) is 44.2 Å². The summed E-state index contributed by atoms with van der Waals surface area (Å²) < 4.78 is 11.4. The Kier molecular flexibility index (Phi) is 5.38. The molecule has 1 aliphatic rings. The molecule has 3 amide bonds. The highest BCUT2D eigenvalue weighted by Crippen LogP contribution is 2.38. The Balaban J connectivity index is 1.66. The van der Waals surface area contributed by atoms with Crippen molar-refractivity contribution < 1.29 is 19.1 Å². The largest absolute Gasteiger partial charge is 0.495 e. The van der Waals surface area contributed by atoms with Gasteiger partial charge in [-0.2, -0.15) is 0 Å². The monoisotopic (exact) mass is 416 g/mol.